The third-order valence-electron chi connectivity index (χ3n) is 1.15. The van der Waals surface area contributed by atoms with Gasteiger partial charge in [0.05, 0.1) is 11.6 Å². The molecule has 1 heterocycles. The first-order chi connectivity index (χ1) is 6.15. The molecular formula is C7H2Cl3N3. The first-order valence-electron chi connectivity index (χ1n) is 3.10. The maximum absolute atomic E-state index is 8.27. The lowest BCUT2D eigenvalue weighted by molar-refractivity contribution is 1.16. The largest absolute Gasteiger partial charge is 0.225 e. The number of rotatable bonds is 1. The van der Waals surface area contributed by atoms with Gasteiger partial charge in [-0.05, 0) is 17.7 Å². The van der Waals surface area contributed by atoms with Crippen LogP contribution in [0.5, 0.6) is 0 Å². The number of allylic oxidation sites excluding steroid dienone is 1. The Morgan fingerprint density at radius 1 is 1.15 bits per heavy atom. The molecule has 0 unspecified atom stereocenters. The van der Waals surface area contributed by atoms with Crippen LogP contribution in [0, 0.1) is 11.3 Å². The van der Waals surface area contributed by atoms with Crippen LogP contribution in [0.4, 0.5) is 0 Å². The zero-order chi connectivity index (χ0) is 9.84. The molecule has 0 saturated heterocycles. The van der Waals surface area contributed by atoms with Crippen molar-refractivity contribution in [3.8, 4) is 6.07 Å². The van der Waals surface area contributed by atoms with Gasteiger partial charge in [0.15, 0.2) is 0 Å². The van der Waals surface area contributed by atoms with E-state index in [1.807, 2.05) is 0 Å². The molecule has 0 N–H and O–H groups in total. The molecule has 13 heavy (non-hydrogen) atoms. The van der Waals surface area contributed by atoms with Crippen LogP contribution in [0.2, 0.25) is 15.6 Å². The maximum Gasteiger partial charge on any atom is 0.225 e. The van der Waals surface area contributed by atoms with Crippen molar-refractivity contribution in [2.45, 2.75) is 0 Å². The third-order valence-corrected chi connectivity index (χ3v) is 1.90. The smallest absolute Gasteiger partial charge is 0.205 e. The lowest BCUT2D eigenvalue weighted by atomic mass is 10.3. The van der Waals surface area contributed by atoms with Gasteiger partial charge in [0.25, 0.3) is 0 Å². The molecule has 1 rings (SSSR count). The summed E-state index contributed by atoms with van der Waals surface area (Å²) in [4.78, 5) is 7.32. The second kappa shape index (κ2) is 4.43. The van der Waals surface area contributed by atoms with Gasteiger partial charge in [-0.2, -0.15) is 5.26 Å². The lowest BCUT2D eigenvalue weighted by Gasteiger charge is -1.99. The summed E-state index contributed by atoms with van der Waals surface area (Å²) in [5.41, 5.74) is 0.384. The minimum Gasteiger partial charge on any atom is -0.205 e. The van der Waals surface area contributed by atoms with E-state index in [1.165, 1.54) is 12.2 Å². The van der Waals surface area contributed by atoms with Crippen LogP contribution in [0.1, 0.15) is 5.56 Å². The van der Waals surface area contributed by atoms with Crippen LogP contribution in [-0.2, 0) is 0 Å². The summed E-state index contributed by atoms with van der Waals surface area (Å²) in [5, 5.41) is 8.49. The molecule has 0 fully saturated rings. The fourth-order valence-electron chi connectivity index (χ4n) is 0.651. The summed E-state index contributed by atoms with van der Waals surface area (Å²) in [6.45, 7) is 0. The topological polar surface area (TPSA) is 49.6 Å². The molecule has 0 bridgehead atoms. The molecule has 0 radical (unpaired) electrons. The van der Waals surface area contributed by atoms with Gasteiger partial charge in [-0.25, -0.2) is 9.97 Å². The Bertz CT molecular complexity index is 371. The fraction of sp³-hybridized carbons (Fsp3) is 0. The lowest BCUT2D eigenvalue weighted by Crippen LogP contribution is -1.89. The predicted octanol–water partition coefficient (Wildman–Crippen LogP) is 2.97. The second-order valence-corrected chi connectivity index (χ2v) is 3.00. The molecule has 0 aromatic carbocycles. The zero-order valence-electron chi connectivity index (χ0n) is 6.13. The number of aromatic nitrogens is 2. The van der Waals surface area contributed by atoms with E-state index in [1.54, 1.807) is 6.07 Å². The Morgan fingerprint density at radius 2 is 1.69 bits per heavy atom. The van der Waals surface area contributed by atoms with Gasteiger partial charge in [-0.15, -0.1) is 0 Å². The Balaban J connectivity index is 3.22. The van der Waals surface area contributed by atoms with Gasteiger partial charge >= 0.3 is 0 Å². The summed E-state index contributed by atoms with van der Waals surface area (Å²) in [6, 6.07) is 1.80. The second-order valence-electron chi connectivity index (χ2n) is 1.95. The minimum atomic E-state index is -0.0240. The van der Waals surface area contributed by atoms with Crippen molar-refractivity contribution in [1.82, 2.24) is 9.97 Å². The van der Waals surface area contributed by atoms with Gasteiger partial charge in [0.1, 0.15) is 10.3 Å². The van der Waals surface area contributed by atoms with Crippen molar-refractivity contribution in [3.05, 3.63) is 27.2 Å². The maximum atomic E-state index is 8.27. The highest BCUT2D eigenvalue weighted by atomic mass is 35.5. The molecule has 0 amide bonds. The quantitative estimate of drug-likeness (QED) is 0.426. The molecule has 6 heteroatoms. The zero-order valence-corrected chi connectivity index (χ0v) is 8.40. The predicted molar refractivity (Wildman–Crippen MR) is 51.7 cm³/mol. The summed E-state index contributed by atoms with van der Waals surface area (Å²) < 4.78 is 0. The Labute approximate surface area is 89.6 Å². The van der Waals surface area contributed by atoms with Crippen LogP contribution in [0.3, 0.4) is 0 Å². The molecule has 0 spiro atoms. The van der Waals surface area contributed by atoms with Crippen molar-refractivity contribution in [1.29, 1.82) is 5.26 Å². The monoisotopic (exact) mass is 233 g/mol. The van der Waals surface area contributed by atoms with E-state index in [2.05, 4.69) is 9.97 Å². The summed E-state index contributed by atoms with van der Waals surface area (Å²) in [5.74, 6) is 0. The summed E-state index contributed by atoms with van der Waals surface area (Å²) in [7, 11) is 0. The van der Waals surface area contributed by atoms with E-state index < -0.39 is 0 Å². The van der Waals surface area contributed by atoms with Crippen LogP contribution in [-0.4, -0.2) is 9.97 Å². The van der Waals surface area contributed by atoms with Gasteiger partial charge in [-0.3, -0.25) is 0 Å². The molecule has 0 aliphatic carbocycles. The van der Waals surface area contributed by atoms with E-state index in [0.29, 0.717) is 5.56 Å². The van der Waals surface area contributed by atoms with Crippen LogP contribution < -0.4 is 0 Å². The molecule has 66 valence electrons. The van der Waals surface area contributed by atoms with Gasteiger partial charge in [0.2, 0.25) is 5.28 Å². The average molecular weight is 234 g/mol. The highest BCUT2D eigenvalue weighted by molar-refractivity contribution is 6.37. The number of nitriles is 1. The van der Waals surface area contributed by atoms with Gasteiger partial charge < -0.3 is 0 Å². The average Bonchev–Trinajstić information content (AvgIpc) is 2.02. The highest BCUT2D eigenvalue weighted by Gasteiger charge is 2.07. The molecular weight excluding hydrogens is 232 g/mol. The molecule has 0 saturated carbocycles. The van der Waals surface area contributed by atoms with Crippen LogP contribution in [0.15, 0.2) is 6.08 Å². The minimum absolute atomic E-state index is 0.0240. The Kier molecular flexibility index (Phi) is 3.49. The van der Waals surface area contributed by atoms with Crippen molar-refractivity contribution in [3.63, 3.8) is 0 Å². The number of hydrogen-bond acceptors (Lipinski definition) is 3. The third kappa shape index (κ3) is 2.56. The molecule has 3 nitrogen and oxygen atoms in total. The Hall–Kier alpha value is -0.820. The molecule has 0 atom stereocenters. The normalized spacial score (nSPS) is 10.3. The van der Waals surface area contributed by atoms with Crippen molar-refractivity contribution >= 4 is 40.9 Å². The number of nitrogens with zero attached hydrogens (tertiary/aromatic N) is 3. The fourth-order valence-corrected chi connectivity index (χ4v) is 1.42. The summed E-state index contributed by atoms with van der Waals surface area (Å²) >= 11 is 16.9. The van der Waals surface area contributed by atoms with Crippen molar-refractivity contribution < 1.29 is 0 Å². The number of hydrogen-bond donors (Lipinski definition) is 0. The molecule has 0 aliphatic heterocycles. The van der Waals surface area contributed by atoms with E-state index in [9.17, 15) is 0 Å². The van der Waals surface area contributed by atoms with E-state index in [-0.39, 0.29) is 15.6 Å². The highest BCUT2D eigenvalue weighted by Crippen LogP contribution is 2.23. The number of halogens is 3. The van der Waals surface area contributed by atoms with Crippen molar-refractivity contribution in [2.24, 2.45) is 0 Å². The summed E-state index contributed by atoms with van der Waals surface area (Å²) in [6.07, 6.45) is 2.64. The first kappa shape index (κ1) is 10.3. The van der Waals surface area contributed by atoms with Gasteiger partial charge in [-0.1, -0.05) is 23.2 Å². The van der Waals surface area contributed by atoms with E-state index in [0.717, 1.165) is 0 Å². The Morgan fingerprint density at radius 3 is 2.15 bits per heavy atom. The van der Waals surface area contributed by atoms with E-state index >= 15 is 0 Å². The molecule has 1 aromatic heterocycles. The first-order valence-corrected chi connectivity index (χ1v) is 4.23. The molecule has 1 aromatic rings. The van der Waals surface area contributed by atoms with Gasteiger partial charge in [0, 0.05) is 6.08 Å². The van der Waals surface area contributed by atoms with Crippen LogP contribution >= 0.6 is 34.8 Å². The standard InChI is InChI=1S/C7H2Cl3N3/c8-5-4(2-1-3-11)6(9)13-7(10)12-5/h1-2H. The van der Waals surface area contributed by atoms with Crippen molar-refractivity contribution in [2.75, 3.05) is 0 Å². The van der Waals surface area contributed by atoms with E-state index in [4.69, 9.17) is 40.1 Å². The SMILES string of the molecule is N#CC=Cc1c(Cl)nc(Cl)nc1Cl. The van der Waals surface area contributed by atoms with Crippen LogP contribution in [0.25, 0.3) is 6.08 Å². The molecule has 0 aliphatic rings.